The van der Waals surface area contributed by atoms with E-state index in [0.29, 0.717) is 43.3 Å². The molecule has 3 rings (SSSR count). The molecule has 1 aromatic rings. The van der Waals surface area contributed by atoms with Crippen molar-refractivity contribution in [3.8, 4) is 0 Å². The number of likely N-dealkylation sites (tertiary alicyclic amines) is 1. The van der Waals surface area contributed by atoms with Gasteiger partial charge in [-0.15, -0.1) is 0 Å². The molecule has 0 bridgehead atoms. The van der Waals surface area contributed by atoms with Gasteiger partial charge >= 0.3 is 0 Å². The Labute approximate surface area is 179 Å². The second-order valence-corrected chi connectivity index (χ2v) is 10.2. The largest absolute Gasteiger partial charge is 0.336 e. The summed E-state index contributed by atoms with van der Waals surface area (Å²) in [5, 5.41) is 3.66. The maximum atomic E-state index is 13.1. The number of rotatable bonds is 8. The topological polar surface area (TPSA) is 73.0 Å². The van der Waals surface area contributed by atoms with Crippen LogP contribution in [0.4, 0.5) is 0 Å². The van der Waals surface area contributed by atoms with Crippen LogP contribution in [-0.2, 0) is 10.0 Å². The number of halogens is 1. The summed E-state index contributed by atoms with van der Waals surface area (Å²) in [6, 6.07) is 6.84. The molecule has 0 radical (unpaired) electrons. The Kier molecular flexibility index (Phi) is 8.32. The van der Waals surface area contributed by atoms with E-state index in [2.05, 4.69) is 10.2 Å². The van der Waals surface area contributed by atoms with Crippen molar-refractivity contribution in [1.29, 1.82) is 0 Å². The summed E-state index contributed by atoms with van der Waals surface area (Å²) in [6.07, 6.45) is 3.61. The molecular formula is C20H31ClN4O3S. The van der Waals surface area contributed by atoms with Crippen LogP contribution < -0.4 is 5.32 Å². The summed E-state index contributed by atoms with van der Waals surface area (Å²) < 4.78 is 27.0. The lowest BCUT2D eigenvalue weighted by Gasteiger charge is -2.31. The fourth-order valence-corrected chi connectivity index (χ4v) is 5.48. The third-order valence-electron chi connectivity index (χ3n) is 5.58. The van der Waals surface area contributed by atoms with Crippen molar-refractivity contribution in [2.45, 2.75) is 19.3 Å². The Morgan fingerprint density at radius 2 is 1.79 bits per heavy atom. The second kappa shape index (κ2) is 10.7. The Morgan fingerprint density at radius 1 is 1.07 bits per heavy atom. The van der Waals surface area contributed by atoms with E-state index >= 15 is 0 Å². The van der Waals surface area contributed by atoms with E-state index in [1.165, 1.54) is 23.6 Å². The number of hydrogen-bond donors (Lipinski definition) is 1. The summed E-state index contributed by atoms with van der Waals surface area (Å²) >= 11 is 6.06. The van der Waals surface area contributed by atoms with E-state index in [4.69, 9.17) is 11.6 Å². The Morgan fingerprint density at radius 3 is 2.48 bits per heavy atom. The minimum Gasteiger partial charge on any atom is -0.336 e. The Bertz CT molecular complexity index is 778. The Hall–Kier alpha value is -1.19. The Balaban J connectivity index is 1.66. The lowest BCUT2D eigenvalue weighted by atomic mass is 10.1. The van der Waals surface area contributed by atoms with Crippen molar-refractivity contribution in [3.63, 3.8) is 0 Å². The second-order valence-electron chi connectivity index (χ2n) is 7.67. The standard InChI is InChI=1S/C20H31ClN4O3S/c21-19-6-4-5-18(17-19)20(26)24(14-13-23-9-2-1-3-10-23)15-16-29(27,28)25-11-7-22-8-12-25/h4-6,17,22H,1-3,7-16H2. The van der Waals surface area contributed by atoms with Gasteiger partial charge in [0.15, 0.2) is 0 Å². The fraction of sp³-hybridized carbons (Fsp3) is 0.650. The molecule has 9 heteroatoms. The molecule has 0 spiro atoms. The molecule has 1 aromatic carbocycles. The molecule has 0 aromatic heterocycles. The van der Waals surface area contributed by atoms with Crippen molar-refractivity contribution in [2.24, 2.45) is 0 Å². The van der Waals surface area contributed by atoms with E-state index in [0.717, 1.165) is 19.6 Å². The van der Waals surface area contributed by atoms with Gasteiger partial charge in [-0.2, -0.15) is 4.31 Å². The van der Waals surface area contributed by atoms with Gasteiger partial charge in [-0.05, 0) is 44.1 Å². The zero-order valence-corrected chi connectivity index (χ0v) is 18.4. The number of piperidine rings is 1. The van der Waals surface area contributed by atoms with Crippen LogP contribution in [0.2, 0.25) is 5.02 Å². The van der Waals surface area contributed by atoms with Gasteiger partial charge in [-0.1, -0.05) is 24.1 Å². The van der Waals surface area contributed by atoms with Gasteiger partial charge in [-0.3, -0.25) is 4.79 Å². The first kappa shape index (κ1) is 22.5. The van der Waals surface area contributed by atoms with Gasteiger partial charge in [-0.25, -0.2) is 8.42 Å². The summed E-state index contributed by atoms with van der Waals surface area (Å²) in [7, 11) is -3.39. The number of hydrogen-bond acceptors (Lipinski definition) is 5. The van der Waals surface area contributed by atoms with Crippen molar-refractivity contribution in [1.82, 2.24) is 19.4 Å². The minimum absolute atomic E-state index is 0.0562. The van der Waals surface area contributed by atoms with E-state index in [1.54, 1.807) is 29.2 Å². The molecule has 162 valence electrons. The maximum Gasteiger partial charge on any atom is 0.253 e. The van der Waals surface area contributed by atoms with Crippen LogP contribution in [-0.4, -0.2) is 93.1 Å². The molecule has 7 nitrogen and oxygen atoms in total. The SMILES string of the molecule is O=C(c1cccc(Cl)c1)N(CCN1CCCCC1)CCS(=O)(=O)N1CCNCC1. The summed E-state index contributed by atoms with van der Waals surface area (Å²) in [6.45, 7) is 5.85. The lowest BCUT2D eigenvalue weighted by molar-refractivity contribution is 0.0740. The highest BCUT2D eigenvalue weighted by Gasteiger charge is 2.26. The highest BCUT2D eigenvalue weighted by Crippen LogP contribution is 2.14. The van der Waals surface area contributed by atoms with Gasteiger partial charge in [0.2, 0.25) is 10.0 Å². The monoisotopic (exact) mass is 442 g/mol. The molecule has 2 aliphatic rings. The first-order valence-corrected chi connectivity index (χ1v) is 12.4. The lowest BCUT2D eigenvalue weighted by Crippen LogP contribution is -2.49. The number of carbonyl (C=O) groups excluding carboxylic acids is 1. The van der Waals surface area contributed by atoms with Crippen molar-refractivity contribution in [2.75, 3.05) is 64.7 Å². The zero-order chi connectivity index (χ0) is 20.7. The van der Waals surface area contributed by atoms with Crippen molar-refractivity contribution in [3.05, 3.63) is 34.9 Å². The quantitative estimate of drug-likeness (QED) is 0.660. The highest BCUT2D eigenvalue weighted by molar-refractivity contribution is 7.89. The van der Waals surface area contributed by atoms with Crippen molar-refractivity contribution < 1.29 is 13.2 Å². The summed E-state index contributed by atoms with van der Waals surface area (Å²) in [4.78, 5) is 17.1. The third kappa shape index (κ3) is 6.65. The third-order valence-corrected chi connectivity index (χ3v) is 7.67. The van der Waals surface area contributed by atoms with E-state index in [9.17, 15) is 13.2 Å². The predicted molar refractivity (Wildman–Crippen MR) is 116 cm³/mol. The normalized spacial score (nSPS) is 19.2. The van der Waals surface area contributed by atoms with Crippen molar-refractivity contribution >= 4 is 27.5 Å². The van der Waals surface area contributed by atoms with E-state index < -0.39 is 10.0 Å². The molecule has 0 saturated carbocycles. The number of benzene rings is 1. The van der Waals surface area contributed by atoms with E-state index in [-0.39, 0.29) is 18.2 Å². The smallest absolute Gasteiger partial charge is 0.253 e. The highest BCUT2D eigenvalue weighted by atomic mass is 35.5. The summed E-state index contributed by atoms with van der Waals surface area (Å²) in [5.74, 6) is -0.223. The van der Waals surface area contributed by atoms with E-state index in [1.807, 2.05) is 0 Å². The average Bonchev–Trinajstić information content (AvgIpc) is 2.75. The molecule has 0 aliphatic carbocycles. The fourth-order valence-electron chi connectivity index (χ4n) is 3.84. The molecular weight excluding hydrogens is 412 g/mol. The van der Waals surface area contributed by atoms with Gasteiger partial charge in [0.05, 0.1) is 5.75 Å². The number of carbonyl (C=O) groups is 1. The van der Waals surface area contributed by atoms with Gasteiger partial charge in [0.25, 0.3) is 5.91 Å². The van der Waals surface area contributed by atoms with Gasteiger partial charge < -0.3 is 15.1 Å². The van der Waals surface area contributed by atoms with Crippen LogP contribution >= 0.6 is 11.6 Å². The number of sulfonamides is 1. The van der Waals surface area contributed by atoms with Gasteiger partial charge in [0, 0.05) is 56.4 Å². The molecule has 2 aliphatic heterocycles. The zero-order valence-electron chi connectivity index (χ0n) is 16.9. The van der Waals surface area contributed by atoms with Crippen LogP contribution in [0.15, 0.2) is 24.3 Å². The molecule has 2 heterocycles. The number of nitrogens with zero attached hydrogens (tertiary/aromatic N) is 3. The first-order chi connectivity index (χ1) is 14.0. The number of piperazine rings is 1. The van der Waals surface area contributed by atoms with Crippen LogP contribution in [0.1, 0.15) is 29.6 Å². The average molecular weight is 443 g/mol. The molecule has 29 heavy (non-hydrogen) atoms. The maximum absolute atomic E-state index is 13.1. The van der Waals surface area contributed by atoms with Crippen LogP contribution in [0.25, 0.3) is 0 Å². The number of amides is 1. The molecule has 2 fully saturated rings. The first-order valence-electron chi connectivity index (χ1n) is 10.4. The van der Waals surface area contributed by atoms with Gasteiger partial charge in [0.1, 0.15) is 0 Å². The van der Waals surface area contributed by atoms with Crippen LogP contribution in [0.3, 0.4) is 0 Å². The van der Waals surface area contributed by atoms with Crippen LogP contribution in [0, 0.1) is 0 Å². The molecule has 1 amide bonds. The molecule has 1 N–H and O–H groups in total. The summed E-state index contributed by atoms with van der Waals surface area (Å²) in [5.41, 5.74) is 0.496. The van der Waals surface area contributed by atoms with Crippen LogP contribution in [0.5, 0.6) is 0 Å². The molecule has 2 saturated heterocycles. The molecule has 0 unspecified atom stereocenters. The minimum atomic E-state index is -3.39. The number of nitrogens with one attached hydrogen (secondary N) is 1. The molecule has 0 atom stereocenters. The predicted octanol–water partition coefficient (Wildman–Crippen LogP) is 1.50.